The normalized spacial score (nSPS) is 12.1. The number of halogens is 4. The molecule has 0 spiro atoms. The Morgan fingerprint density at radius 2 is 1.76 bits per heavy atom. The average Bonchev–Trinajstić information content (AvgIpc) is 2.64. The number of amides is 1. The van der Waals surface area contributed by atoms with E-state index in [2.05, 4.69) is 5.32 Å². The molecule has 10 heteroatoms. The number of alkyl halides is 3. The van der Waals surface area contributed by atoms with E-state index in [1.54, 1.807) is 6.07 Å². The first-order valence-electron chi connectivity index (χ1n) is 8.64. The van der Waals surface area contributed by atoms with Gasteiger partial charge < -0.3 is 5.32 Å². The van der Waals surface area contributed by atoms with Gasteiger partial charge in [-0.15, -0.1) is 0 Å². The number of rotatable bonds is 7. The molecule has 0 unspecified atom stereocenters. The Labute approximate surface area is 172 Å². The molecular formula is C19H20ClF3N2O3S. The Hall–Kier alpha value is -2.26. The van der Waals surface area contributed by atoms with Gasteiger partial charge in [0.25, 0.3) is 10.0 Å². The van der Waals surface area contributed by atoms with E-state index in [4.69, 9.17) is 11.6 Å². The maximum Gasteiger partial charge on any atom is 0.416 e. The molecule has 0 aliphatic rings. The summed E-state index contributed by atoms with van der Waals surface area (Å²) < 4.78 is 66.3. The highest BCUT2D eigenvalue weighted by molar-refractivity contribution is 7.92. The van der Waals surface area contributed by atoms with E-state index in [1.165, 1.54) is 24.3 Å². The number of carbonyl (C=O) groups is 1. The van der Waals surface area contributed by atoms with Crippen molar-refractivity contribution >= 4 is 33.2 Å². The first-order valence-corrected chi connectivity index (χ1v) is 10.5. The second-order valence-corrected chi connectivity index (χ2v) is 8.96. The Morgan fingerprint density at radius 1 is 1.14 bits per heavy atom. The lowest BCUT2D eigenvalue weighted by atomic mass is 10.2. The minimum atomic E-state index is -4.71. The van der Waals surface area contributed by atoms with Gasteiger partial charge >= 0.3 is 6.18 Å². The largest absolute Gasteiger partial charge is 0.416 e. The van der Waals surface area contributed by atoms with Crippen LogP contribution in [0.4, 0.5) is 18.9 Å². The highest BCUT2D eigenvalue weighted by atomic mass is 35.5. The molecule has 1 amide bonds. The smallest absolute Gasteiger partial charge is 0.354 e. The molecule has 5 nitrogen and oxygen atoms in total. The molecule has 0 heterocycles. The molecule has 0 saturated carbocycles. The van der Waals surface area contributed by atoms with Gasteiger partial charge in [-0.3, -0.25) is 9.10 Å². The quantitative estimate of drug-likeness (QED) is 0.685. The molecule has 2 aromatic rings. The van der Waals surface area contributed by atoms with Gasteiger partial charge in [0.1, 0.15) is 6.54 Å². The number of nitrogens with one attached hydrogen (secondary N) is 1. The molecule has 0 saturated heterocycles. The summed E-state index contributed by atoms with van der Waals surface area (Å²) in [6, 6.07) is 9.44. The molecule has 1 N–H and O–H groups in total. The Balaban J connectivity index is 2.55. The maximum atomic E-state index is 13.2. The standard InChI is InChI=1S/C19H20ClF3N2O3S/c1-13(2)11-24-18(26)12-25(29(27,28)15-6-4-3-5-7-15)17-10-14(19(21,22)23)8-9-16(17)20/h3-10,13H,11-12H2,1-2H3,(H,24,26). The van der Waals surface area contributed by atoms with E-state index < -0.39 is 39.9 Å². The highest BCUT2D eigenvalue weighted by Gasteiger charge is 2.34. The van der Waals surface area contributed by atoms with E-state index in [1.807, 2.05) is 13.8 Å². The molecule has 29 heavy (non-hydrogen) atoms. The SMILES string of the molecule is CC(C)CNC(=O)CN(c1cc(C(F)(F)F)ccc1Cl)S(=O)(=O)c1ccccc1. The van der Waals surface area contributed by atoms with Crippen molar-refractivity contribution in [1.82, 2.24) is 5.32 Å². The third kappa shape index (κ3) is 5.86. The van der Waals surface area contributed by atoms with Crippen molar-refractivity contribution in [2.45, 2.75) is 24.9 Å². The van der Waals surface area contributed by atoms with Crippen LogP contribution in [0.15, 0.2) is 53.4 Å². The lowest BCUT2D eigenvalue weighted by Gasteiger charge is -2.26. The molecule has 0 fully saturated rings. The van der Waals surface area contributed by atoms with E-state index in [0.29, 0.717) is 10.4 Å². The fourth-order valence-electron chi connectivity index (χ4n) is 2.40. The summed E-state index contributed by atoms with van der Waals surface area (Å²) in [7, 11) is -4.35. The molecule has 0 bridgehead atoms. The summed E-state index contributed by atoms with van der Waals surface area (Å²) >= 11 is 6.04. The van der Waals surface area contributed by atoms with Crippen molar-refractivity contribution in [3.8, 4) is 0 Å². The van der Waals surface area contributed by atoms with Crippen LogP contribution in [-0.4, -0.2) is 27.4 Å². The monoisotopic (exact) mass is 448 g/mol. The molecule has 0 atom stereocenters. The number of nitrogens with zero attached hydrogens (tertiary/aromatic N) is 1. The van der Waals surface area contributed by atoms with Crippen LogP contribution < -0.4 is 9.62 Å². The van der Waals surface area contributed by atoms with Gasteiger partial charge in [-0.25, -0.2) is 8.42 Å². The third-order valence-electron chi connectivity index (χ3n) is 3.87. The van der Waals surface area contributed by atoms with Gasteiger partial charge in [0.15, 0.2) is 0 Å². The van der Waals surface area contributed by atoms with Crippen molar-refractivity contribution in [1.29, 1.82) is 0 Å². The third-order valence-corrected chi connectivity index (χ3v) is 5.96. The number of hydrogen-bond donors (Lipinski definition) is 1. The minimum absolute atomic E-state index is 0.107. The van der Waals surface area contributed by atoms with Crippen LogP contribution in [0, 0.1) is 5.92 Å². The van der Waals surface area contributed by atoms with Crippen LogP contribution in [0.3, 0.4) is 0 Å². The fraction of sp³-hybridized carbons (Fsp3) is 0.316. The van der Waals surface area contributed by atoms with Gasteiger partial charge in [0, 0.05) is 6.54 Å². The fourth-order valence-corrected chi connectivity index (χ4v) is 4.13. The predicted octanol–water partition coefficient (Wildman–Crippen LogP) is 4.33. The second kappa shape index (κ2) is 9.04. The Kier molecular flexibility index (Phi) is 7.18. The second-order valence-electron chi connectivity index (χ2n) is 6.69. The van der Waals surface area contributed by atoms with Crippen LogP contribution in [0.5, 0.6) is 0 Å². The maximum absolute atomic E-state index is 13.2. The van der Waals surface area contributed by atoms with Crippen molar-refractivity contribution in [2.24, 2.45) is 5.92 Å². The van der Waals surface area contributed by atoms with Crippen molar-refractivity contribution in [2.75, 3.05) is 17.4 Å². The number of benzene rings is 2. The van der Waals surface area contributed by atoms with Crippen LogP contribution in [-0.2, 0) is 21.0 Å². The summed E-state index contributed by atoms with van der Waals surface area (Å²) in [4.78, 5) is 12.1. The van der Waals surface area contributed by atoms with Crippen molar-refractivity contribution in [3.63, 3.8) is 0 Å². The van der Waals surface area contributed by atoms with Gasteiger partial charge in [0.2, 0.25) is 5.91 Å². The van der Waals surface area contributed by atoms with Crippen LogP contribution in [0.25, 0.3) is 0 Å². The van der Waals surface area contributed by atoms with Gasteiger partial charge in [-0.1, -0.05) is 43.6 Å². The lowest BCUT2D eigenvalue weighted by Crippen LogP contribution is -2.42. The van der Waals surface area contributed by atoms with E-state index >= 15 is 0 Å². The molecule has 0 aliphatic heterocycles. The summed E-state index contributed by atoms with van der Waals surface area (Å²) in [6.07, 6.45) is -4.71. The van der Waals surface area contributed by atoms with Crippen LogP contribution >= 0.6 is 11.6 Å². The topological polar surface area (TPSA) is 66.5 Å². The minimum Gasteiger partial charge on any atom is -0.354 e. The summed E-state index contributed by atoms with van der Waals surface area (Å²) in [5.41, 5.74) is -1.50. The van der Waals surface area contributed by atoms with E-state index in [9.17, 15) is 26.4 Å². The van der Waals surface area contributed by atoms with Crippen LogP contribution in [0.2, 0.25) is 5.02 Å². The zero-order valence-corrected chi connectivity index (χ0v) is 17.3. The number of carbonyl (C=O) groups excluding carboxylic acids is 1. The van der Waals surface area contributed by atoms with Gasteiger partial charge in [-0.05, 0) is 36.2 Å². The van der Waals surface area contributed by atoms with Gasteiger partial charge in [0.05, 0.1) is 21.2 Å². The highest BCUT2D eigenvalue weighted by Crippen LogP contribution is 2.37. The van der Waals surface area contributed by atoms with E-state index in [0.717, 1.165) is 12.1 Å². The summed E-state index contributed by atoms with van der Waals surface area (Å²) in [6.45, 7) is 3.27. The number of sulfonamides is 1. The van der Waals surface area contributed by atoms with Crippen molar-refractivity contribution < 1.29 is 26.4 Å². The van der Waals surface area contributed by atoms with Crippen LogP contribution in [0.1, 0.15) is 19.4 Å². The molecular weight excluding hydrogens is 429 g/mol. The van der Waals surface area contributed by atoms with E-state index in [-0.39, 0.29) is 22.4 Å². The van der Waals surface area contributed by atoms with Gasteiger partial charge in [-0.2, -0.15) is 13.2 Å². The Morgan fingerprint density at radius 3 is 2.31 bits per heavy atom. The zero-order valence-electron chi connectivity index (χ0n) is 15.7. The first-order chi connectivity index (χ1) is 13.4. The first kappa shape index (κ1) is 23.0. The summed E-state index contributed by atoms with van der Waals surface area (Å²) in [5.74, 6) is -0.554. The average molecular weight is 449 g/mol. The molecule has 0 radical (unpaired) electrons. The predicted molar refractivity (Wildman–Crippen MR) is 105 cm³/mol. The molecule has 0 aliphatic carbocycles. The Bertz CT molecular complexity index is 964. The molecule has 158 valence electrons. The lowest BCUT2D eigenvalue weighted by molar-refractivity contribution is -0.137. The van der Waals surface area contributed by atoms with Crippen molar-refractivity contribution in [3.05, 3.63) is 59.1 Å². The zero-order chi connectivity index (χ0) is 21.8. The molecule has 0 aromatic heterocycles. The molecule has 2 aromatic carbocycles. The summed E-state index contributed by atoms with van der Waals surface area (Å²) in [5, 5.41) is 2.33. The number of hydrogen-bond acceptors (Lipinski definition) is 3. The molecule has 2 rings (SSSR count). The number of anilines is 1.